The second kappa shape index (κ2) is 7.71. The van der Waals surface area contributed by atoms with Gasteiger partial charge in [-0.2, -0.15) is 8.78 Å². The molecule has 0 bridgehead atoms. The van der Waals surface area contributed by atoms with E-state index in [2.05, 4.69) is 4.74 Å². The van der Waals surface area contributed by atoms with Crippen molar-refractivity contribution >= 4 is 0 Å². The normalized spacial score (nSPS) is 20.4. The lowest BCUT2D eigenvalue weighted by Crippen LogP contribution is -2.34. The number of rotatable bonds is 4. The Bertz CT molecular complexity index is 854. The summed E-state index contributed by atoms with van der Waals surface area (Å²) in [7, 11) is 0. The van der Waals surface area contributed by atoms with Gasteiger partial charge in [0.15, 0.2) is 29.1 Å². The molecule has 0 N–H and O–H groups in total. The first-order valence-electron chi connectivity index (χ1n) is 8.37. The number of halogens is 7. The molecule has 2 aromatic carbocycles. The van der Waals surface area contributed by atoms with Crippen molar-refractivity contribution in [1.82, 2.24) is 0 Å². The summed E-state index contributed by atoms with van der Waals surface area (Å²) in [5.74, 6) is -7.48. The first-order chi connectivity index (χ1) is 13.1. The smallest absolute Gasteiger partial charge is 0.371 e. The summed E-state index contributed by atoms with van der Waals surface area (Å²) in [5.41, 5.74) is -1.34. The van der Waals surface area contributed by atoms with Crippen LogP contribution in [0.25, 0.3) is 0 Å². The van der Waals surface area contributed by atoms with E-state index >= 15 is 0 Å². The van der Waals surface area contributed by atoms with E-state index in [4.69, 9.17) is 4.74 Å². The molecule has 0 radical (unpaired) electrons. The van der Waals surface area contributed by atoms with Crippen molar-refractivity contribution in [3.63, 3.8) is 0 Å². The van der Waals surface area contributed by atoms with E-state index in [-0.39, 0.29) is 30.6 Å². The zero-order chi connectivity index (χ0) is 20.6. The monoisotopic (exact) mass is 408 g/mol. The summed E-state index contributed by atoms with van der Waals surface area (Å²) >= 11 is 0. The van der Waals surface area contributed by atoms with E-state index in [9.17, 15) is 30.7 Å². The van der Waals surface area contributed by atoms with E-state index in [1.165, 1.54) is 6.92 Å². The molecule has 0 saturated carbocycles. The quantitative estimate of drug-likeness (QED) is 0.479. The summed E-state index contributed by atoms with van der Waals surface area (Å²) < 4.78 is 105. The van der Waals surface area contributed by atoms with E-state index in [1.807, 2.05) is 0 Å². The van der Waals surface area contributed by atoms with Gasteiger partial charge in [-0.25, -0.2) is 22.0 Å². The minimum absolute atomic E-state index is 0.00314. The number of alkyl halides is 2. The van der Waals surface area contributed by atoms with E-state index in [0.717, 1.165) is 24.3 Å². The average Bonchev–Trinajstić information content (AvgIpc) is 2.64. The largest absolute Gasteiger partial charge is 0.386 e. The lowest BCUT2D eigenvalue weighted by Gasteiger charge is -2.32. The van der Waals surface area contributed by atoms with Crippen LogP contribution >= 0.6 is 0 Å². The van der Waals surface area contributed by atoms with Crippen molar-refractivity contribution < 1.29 is 40.2 Å². The third-order valence-corrected chi connectivity index (χ3v) is 4.52. The first-order valence-corrected chi connectivity index (χ1v) is 8.37. The van der Waals surface area contributed by atoms with E-state index < -0.39 is 53.0 Å². The van der Waals surface area contributed by atoms with Gasteiger partial charge in [-0.3, -0.25) is 0 Å². The fourth-order valence-corrected chi connectivity index (χ4v) is 2.99. The zero-order valence-electron chi connectivity index (χ0n) is 14.5. The van der Waals surface area contributed by atoms with Crippen molar-refractivity contribution in [3.05, 3.63) is 70.0 Å². The number of hydrogen-bond donors (Lipinski definition) is 0. The van der Waals surface area contributed by atoms with Gasteiger partial charge in [0, 0.05) is 0 Å². The molecule has 152 valence electrons. The third kappa shape index (κ3) is 4.00. The lowest BCUT2D eigenvalue weighted by molar-refractivity contribution is -0.290. The Labute approximate surface area is 155 Å². The first kappa shape index (κ1) is 20.6. The van der Waals surface area contributed by atoms with Gasteiger partial charge < -0.3 is 9.47 Å². The number of aryl methyl sites for hydroxylation is 1. The van der Waals surface area contributed by atoms with Crippen molar-refractivity contribution in [3.8, 4) is 0 Å². The highest BCUT2D eigenvalue weighted by Crippen LogP contribution is 2.38. The van der Waals surface area contributed by atoms with Crippen LogP contribution in [0.3, 0.4) is 0 Å². The minimum Gasteiger partial charge on any atom is -0.371 e. The van der Waals surface area contributed by atoms with Crippen LogP contribution in [-0.2, 0) is 15.6 Å². The highest BCUT2D eigenvalue weighted by molar-refractivity contribution is 5.27. The number of benzene rings is 2. The predicted octanol–water partition coefficient (Wildman–Crippen LogP) is 5.68. The molecular formula is C19H15F7O2. The number of hydrogen-bond acceptors (Lipinski definition) is 2. The Morgan fingerprint density at radius 1 is 0.929 bits per heavy atom. The van der Waals surface area contributed by atoms with Crippen LogP contribution in [-0.4, -0.2) is 12.7 Å². The predicted molar refractivity (Wildman–Crippen MR) is 84.1 cm³/mol. The molecule has 2 nitrogen and oxygen atoms in total. The maximum absolute atomic E-state index is 14.3. The second-order valence-electron chi connectivity index (χ2n) is 6.51. The Hall–Kier alpha value is -2.13. The van der Waals surface area contributed by atoms with Gasteiger partial charge in [-0.1, -0.05) is 6.07 Å². The zero-order valence-corrected chi connectivity index (χ0v) is 14.5. The molecule has 1 heterocycles. The molecule has 3 rings (SSSR count). The molecule has 0 aromatic heterocycles. The molecule has 0 spiro atoms. The molecule has 0 amide bonds. The lowest BCUT2D eigenvalue weighted by atomic mass is 9.99. The minimum atomic E-state index is -4.10. The Morgan fingerprint density at radius 2 is 1.57 bits per heavy atom. The molecular weight excluding hydrogens is 393 g/mol. The van der Waals surface area contributed by atoms with Crippen LogP contribution in [0.5, 0.6) is 0 Å². The summed E-state index contributed by atoms with van der Waals surface area (Å²) in [6.07, 6.45) is -6.06. The molecule has 1 aliphatic heterocycles. The highest BCUT2D eigenvalue weighted by atomic mass is 19.3. The van der Waals surface area contributed by atoms with Crippen molar-refractivity contribution in [2.45, 2.75) is 38.1 Å². The maximum atomic E-state index is 14.3. The summed E-state index contributed by atoms with van der Waals surface area (Å²) in [4.78, 5) is 0. The summed E-state index contributed by atoms with van der Waals surface area (Å²) in [5, 5.41) is 0. The van der Waals surface area contributed by atoms with Crippen molar-refractivity contribution in [1.29, 1.82) is 0 Å². The Balaban J connectivity index is 1.68. The van der Waals surface area contributed by atoms with E-state index in [1.54, 1.807) is 0 Å². The van der Waals surface area contributed by atoms with Crippen LogP contribution < -0.4 is 0 Å². The SMILES string of the molecule is Cc1ccc(C(F)(F)OC2CCC(c3cc(F)c(F)c(F)c3)OC2)c(F)c1F. The number of ether oxygens (including phenoxy) is 2. The molecule has 1 saturated heterocycles. The molecule has 2 atom stereocenters. The van der Waals surface area contributed by atoms with Crippen LogP contribution in [0.1, 0.15) is 35.6 Å². The standard InChI is InChI=1S/C19H15F7O2/c1-9-2-4-12(17(23)16(9)22)19(25,26)28-11-3-5-15(27-8-11)10-6-13(20)18(24)14(21)7-10/h2,4,6-7,11,15H,3,5,8H2,1H3. The molecule has 1 fully saturated rings. The van der Waals surface area contributed by atoms with Crippen LogP contribution in [0, 0.1) is 36.0 Å². The van der Waals surface area contributed by atoms with Crippen molar-refractivity contribution in [2.24, 2.45) is 0 Å². The molecule has 2 unspecified atom stereocenters. The molecule has 2 aromatic rings. The molecule has 28 heavy (non-hydrogen) atoms. The maximum Gasteiger partial charge on any atom is 0.386 e. The summed E-state index contributed by atoms with van der Waals surface area (Å²) in [6.45, 7) is 0.855. The van der Waals surface area contributed by atoms with Gasteiger partial charge in [-0.05, 0) is 49.1 Å². The van der Waals surface area contributed by atoms with Gasteiger partial charge in [0.1, 0.15) is 0 Å². The molecule has 0 aliphatic carbocycles. The van der Waals surface area contributed by atoms with Gasteiger partial charge in [0.25, 0.3) is 0 Å². The molecule has 9 heteroatoms. The topological polar surface area (TPSA) is 18.5 Å². The van der Waals surface area contributed by atoms with Crippen LogP contribution in [0.2, 0.25) is 0 Å². The fraction of sp³-hybridized carbons (Fsp3) is 0.368. The second-order valence-corrected chi connectivity index (χ2v) is 6.51. The van der Waals surface area contributed by atoms with Crippen LogP contribution in [0.4, 0.5) is 30.7 Å². The molecule has 1 aliphatic rings. The van der Waals surface area contributed by atoms with Gasteiger partial charge in [-0.15, -0.1) is 0 Å². The van der Waals surface area contributed by atoms with Gasteiger partial charge in [0.05, 0.1) is 24.4 Å². The van der Waals surface area contributed by atoms with Gasteiger partial charge >= 0.3 is 6.11 Å². The Morgan fingerprint density at radius 3 is 2.14 bits per heavy atom. The van der Waals surface area contributed by atoms with Crippen molar-refractivity contribution in [2.75, 3.05) is 6.61 Å². The fourth-order valence-electron chi connectivity index (χ4n) is 2.99. The van der Waals surface area contributed by atoms with E-state index in [0.29, 0.717) is 0 Å². The third-order valence-electron chi connectivity index (χ3n) is 4.52. The average molecular weight is 408 g/mol. The van der Waals surface area contributed by atoms with Crippen LogP contribution in [0.15, 0.2) is 24.3 Å². The Kier molecular flexibility index (Phi) is 5.67. The highest BCUT2D eigenvalue weighted by Gasteiger charge is 2.41. The summed E-state index contributed by atoms with van der Waals surface area (Å²) in [6, 6.07) is 3.28. The van der Waals surface area contributed by atoms with Gasteiger partial charge in [0.2, 0.25) is 0 Å².